The van der Waals surface area contributed by atoms with Gasteiger partial charge in [-0.15, -0.1) is 11.3 Å². The van der Waals surface area contributed by atoms with Crippen molar-refractivity contribution in [3.63, 3.8) is 0 Å². The number of rotatable bonds is 9. The number of amides is 1. The highest BCUT2D eigenvalue weighted by atomic mass is 32.1. The molecule has 146 valence electrons. The minimum atomic E-state index is -0.0244. The highest BCUT2D eigenvalue weighted by molar-refractivity contribution is 7.09. The van der Waals surface area contributed by atoms with Crippen molar-refractivity contribution in [1.29, 1.82) is 0 Å². The summed E-state index contributed by atoms with van der Waals surface area (Å²) in [5.74, 6) is 0.788. The predicted octanol–water partition coefficient (Wildman–Crippen LogP) is 3.68. The lowest BCUT2D eigenvalue weighted by atomic mass is 10.1. The van der Waals surface area contributed by atoms with Gasteiger partial charge < -0.3 is 15.0 Å². The monoisotopic (exact) mass is 395 g/mol. The van der Waals surface area contributed by atoms with Gasteiger partial charge in [0.05, 0.1) is 18.2 Å². The first-order valence-corrected chi connectivity index (χ1v) is 10.1. The Morgan fingerprint density at radius 1 is 1.11 bits per heavy atom. The van der Waals surface area contributed by atoms with Crippen LogP contribution >= 0.6 is 11.3 Å². The Hall–Kier alpha value is -2.70. The lowest BCUT2D eigenvalue weighted by Gasteiger charge is -2.25. The fourth-order valence-electron chi connectivity index (χ4n) is 2.87. The summed E-state index contributed by atoms with van der Waals surface area (Å²) in [6.45, 7) is 0.969. The van der Waals surface area contributed by atoms with E-state index in [1.165, 1.54) is 16.9 Å². The number of nitrogens with one attached hydrogen (secondary N) is 1. The zero-order valence-electron chi connectivity index (χ0n) is 16.2. The molecular weight excluding hydrogens is 370 g/mol. The molecule has 3 rings (SSSR count). The molecule has 0 aliphatic rings. The lowest BCUT2D eigenvalue weighted by molar-refractivity contribution is -0.120. The molecular formula is C22H25N3O2S. The van der Waals surface area contributed by atoms with E-state index in [4.69, 9.17) is 4.74 Å². The zero-order chi connectivity index (χ0) is 19.8. The van der Waals surface area contributed by atoms with Crippen LogP contribution in [0.1, 0.15) is 22.3 Å². The number of carbonyl (C=O) groups is 1. The van der Waals surface area contributed by atoms with Gasteiger partial charge in [0.25, 0.3) is 0 Å². The lowest BCUT2D eigenvalue weighted by Crippen LogP contribution is -2.35. The van der Waals surface area contributed by atoms with E-state index in [1.807, 2.05) is 68.0 Å². The fraction of sp³-hybridized carbons (Fsp3) is 0.273. The summed E-state index contributed by atoms with van der Waals surface area (Å²) in [5.41, 5.74) is 1.96. The van der Waals surface area contributed by atoms with Gasteiger partial charge in [-0.1, -0.05) is 48.5 Å². The van der Waals surface area contributed by atoms with Crippen LogP contribution in [0.4, 0.5) is 0 Å². The topological polar surface area (TPSA) is 54.5 Å². The third kappa shape index (κ3) is 5.90. The first-order chi connectivity index (χ1) is 13.6. The third-order valence-corrected chi connectivity index (χ3v) is 5.22. The van der Waals surface area contributed by atoms with E-state index in [0.29, 0.717) is 13.2 Å². The van der Waals surface area contributed by atoms with E-state index >= 15 is 0 Å². The van der Waals surface area contributed by atoms with Gasteiger partial charge in [-0.2, -0.15) is 0 Å². The van der Waals surface area contributed by atoms with Crippen LogP contribution < -0.4 is 10.1 Å². The Kier molecular flexibility index (Phi) is 7.17. The van der Waals surface area contributed by atoms with Gasteiger partial charge in [0.1, 0.15) is 17.4 Å². The van der Waals surface area contributed by atoms with Gasteiger partial charge in [-0.25, -0.2) is 4.98 Å². The number of nitrogens with zero attached hydrogens (tertiary/aromatic N) is 2. The summed E-state index contributed by atoms with van der Waals surface area (Å²) >= 11 is 1.51. The van der Waals surface area contributed by atoms with Gasteiger partial charge >= 0.3 is 0 Å². The molecule has 1 unspecified atom stereocenters. The number of thiazole rings is 1. The molecule has 0 aliphatic heterocycles. The van der Waals surface area contributed by atoms with Crippen molar-refractivity contribution in [3.8, 4) is 5.75 Å². The number of likely N-dealkylation sites (N-methyl/N-ethyl adjacent to an activating group) is 1. The average Bonchev–Trinajstić information content (AvgIpc) is 3.15. The largest absolute Gasteiger partial charge is 0.486 e. The van der Waals surface area contributed by atoms with Crippen LogP contribution in [-0.2, 0) is 17.8 Å². The first kappa shape index (κ1) is 20.0. The Morgan fingerprint density at radius 2 is 1.79 bits per heavy atom. The minimum absolute atomic E-state index is 0.0244. The zero-order valence-corrected chi connectivity index (χ0v) is 17.0. The summed E-state index contributed by atoms with van der Waals surface area (Å²) in [5, 5.41) is 5.81. The summed E-state index contributed by atoms with van der Waals surface area (Å²) < 4.78 is 5.71. The summed E-state index contributed by atoms with van der Waals surface area (Å²) in [7, 11) is 4.03. The second-order valence-corrected chi connectivity index (χ2v) is 7.65. The summed E-state index contributed by atoms with van der Waals surface area (Å²) in [6.07, 6.45) is 0.275. The van der Waals surface area contributed by atoms with Crippen molar-refractivity contribution in [1.82, 2.24) is 15.2 Å². The average molecular weight is 396 g/mol. The van der Waals surface area contributed by atoms with Crippen LogP contribution in [0.25, 0.3) is 0 Å². The van der Waals surface area contributed by atoms with Crippen LogP contribution in [0, 0.1) is 0 Å². The second kappa shape index (κ2) is 10.0. The van der Waals surface area contributed by atoms with Crippen LogP contribution in [0.5, 0.6) is 5.75 Å². The van der Waals surface area contributed by atoms with Crippen molar-refractivity contribution >= 4 is 17.2 Å². The van der Waals surface area contributed by atoms with E-state index in [2.05, 4.69) is 27.3 Å². The number of aromatic nitrogens is 1. The number of carbonyl (C=O) groups excluding carboxylic acids is 1. The molecule has 0 bridgehead atoms. The molecule has 5 nitrogen and oxygen atoms in total. The molecule has 0 radical (unpaired) electrons. The molecule has 0 saturated carbocycles. The van der Waals surface area contributed by atoms with Crippen molar-refractivity contribution in [2.75, 3.05) is 20.6 Å². The van der Waals surface area contributed by atoms with E-state index in [-0.39, 0.29) is 18.4 Å². The Morgan fingerprint density at radius 3 is 2.46 bits per heavy atom. The van der Waals surface area contributed by atoms with Crippen LogP contribution in [-0.4, -0.2) is 36.4 Å². The highest BCUT2D eigenvalue weighted by Gasteiger charge is 2.15. The number of hydrogen-bond donors (Lipinski definition) is 1. The molecule has 0 spiro atoms. The van der Waals surface area contributed by atoms with Crippen molar-refractivity contribution in [2.24, 2.45) is 0 Å². The van der Waals surface area contributed by atoms with Gasteiger partial charge in [0.15, 0.2) is 0 Å². The SMILES string of the molecule is CN(C)C(CNC(=O)Cc1csc(COc2ccccc2)n1)c1ccccc1. The van der Waals surface area contributed by atoms with E-state index in [1.54, 1.807) is 0 Å². The fourth-order valence-corrected chi connectivity index (χ4v) is 3.57. The van der Waals surface area contributed by atoms with Gasteiger partial charge in [-0.05, 0) is 31.8 Å². The summed E-state index contributed by atoms with van der Waals surface area (Å²) in [4.78, 5) is 19.0. The molecule has 0 fully saturated rings. The van der Waals surface area contributed by atoms with Crippen molar-refractivity contribution in [2.45, 2.75) is 19.1 Å². The quantitative estimate of drug-likeness (QED) is 0.600. The molecule has 0 aliphatic carbocycles. The predicted molar refractivity (Wildman–Crippen MR) is 112 cm³/mol. The summed E-state index contributed by atoms with van der Waals surface area (Å²) in [6, 6.07) is 20.0. The van der Waals surface area contributed by atoms with E-state index < -0.39 is 0 Å². The van der Waals surface area contributed by atoms with Crippen molar-refractivity contribution in [3.05, 3.63) is 82.3 Å². The second-order valence-electron chi connectivity index (χ2n) is 6.71. The maximum Gasteiger partial charge on any atom is 0.226 e. The molecule has 6 heteroatoms. The Bertz CT molecular complexity index is 866. The van der Waals surface area contributed by atoms with Crippen molar-refractivity contribution < 1.29 is 9.53 Å². The molecule has 3 aromatic rings. The van der Waals surface area contributed by atoms with E-state index in [9.17, 15) is 4.79 Å². The molecule has 1 atom stereocenters. The molecule has 1 amide bonds. The Labute approximate surface area is 170 Å². The molecule has 1 N–H and O–H groups in total. The maximum absolute atomic E-state index is 12.4. The maximum atomic E-state index is 12.4. The van der Waals surface area contributed by atoms with E-state index in [0.717, 1.165) is 16.5 Å². The highest BCUT2D eigenvalue weighted by Crippen LogP contribution is 2.17. The van der Waals surface area contributed by atoms with Crippen LogP contribution in [0.2, 0.25) is 0 Å². The number of hydrogen-bond acceptors (Lipinski definition) is 5. The number of ether oxygens (including phenoxy) is 1. The van der Waals surface area contributed by atoms with Gasteiger partial charge in [0.2, 0.25) is 5.91 Å². The molecule has 28 heavy (non-hydrogen) atoms. The van der Waals surface area contributed by atoms with Crippen LogP contribution in [0.15, 0.2) is 66.0 Å². The third-order valence-electron chi connectivity index (χ3n) is 4.35. The van der Waals surface area contributed by atoms with Gasteiger partial charge in [-0.3, -0.25) is 4.79 Å². The number of para-hydroxylation sites is 1. The number of benzene rings is 2. The molecule has 2 aromatic carbocycles. The Balaban J connectivity index is 1.49. The normalized spacial score (nSPS) is 12.0. The standard InChI is InChI=1S/C22H25N3O2S/c1-25(2)20(17-9-5-3-6-10-17)14-23-21(26)13-18-16-28-22(24-18)15-27-19-11-7-4-8-12-19/h3-12,16,20H,13-15H2,1-2H3,(H,23,26). The minimum Gasteiger partial charge on any atom is -0.486 e. The first-order valence-electron chi connectivity index (χ1n) is 9.21. The van der Waals surface area contributed by atoms with Crippen LogP contribution in [0.3, 0.4) is 0 Å². The van der Waals surface area contributed by atoms with Gasteiger partial charge in [0, 0.05) is 11.9 Å². The molecule has 1 heterocycles. The smallest absolute Gasteiger partial charge is 0.226 e. The molecule has 0 saturated heterocycles. The molecule has 1 aromatic heterocycles.